The van der Waals surface area contributed by atoms with Gasteiger partial charge in [0.05, 0.1) is 0 Å². The van der Waals surface area contributed by atoms with E-state index in [0.717, 1.165) is 30.0 Å². The maximum atomic E-state index is 12.8. The number of hydrogen-bond acceptors (Lipinski definition) is 4. The Morgan fingerprint density at radius 1 is 0.906 bits per heavy atom. The van der Waals surface area contributed by atoms with E-state index < -0.39 is 10.0 Å². The number of nitrogens with zero attached hydrogens (tertiary/aromatic N) is 2. The van der Waals surface area contributed by atoms with Gasteiger partial charge in [0, 0.05) is 48.9 Å². The van der Waals surface area contributed by atoms with Crippen molar-refractivity contribution in [2.75, 3.05) is 36.4 Å². The Kier molecular flexibility index (Phi) is 7.27. The van der Waals surface area contributed by atoms with Crippen LogP contribution in [0.1, 0.15) is 37.7 Å². The fourth-order valence-corrected chi connectivity index (χ4v) is 5.59. The molecule has 0 unspecified atom stereocenters. The fraction of sp³-hybridized carbons (Fsp3) is 0.400. The molecule has 2 aliphatic heterocycles. The average molecular weight is 454 g/mol. The topological polar surface area (TPSA) is 69.7 Å². The van der Waals surface area contributed by atoms with Crippen molar-refractivity contribution < 1.29 is 13.2 Å². The van der Waals surface area contributed by atoms with Gasteiger partial charge in [-0.25, -0.2) is 8.42 Å². The van der Waals surface area contributed by atoms with E-state index in [0.29, 0.717) is 25.9 Å². The molecule has 32 heavy (non-hydrogen) atoms. The van der Waals surface area contributed by atoms with Crippen molar-refractivity contribution in [3.8, 4) is 0 Å². The number of carbonyl (C=O) groups excluding carboxylic acids is 1. The zero-order chi connectivity index (χ0) is 22.4. The van der Waals surface area contributed by atoms with Gasteiger partial charge in [-0.15, -0.1) is 0 Å². The van der Waals surface area contributed by atoms with Crippen LogP contribution in [-0.2, 0) is 14.8 Å². The van der Waals surface area contributed by atoms with Crippen molar-refractivity contribution in [2.24, 2.45) is 5.92 Å². The van der Waals surface area contributed by atoms with Gasteiger partial charge in [-0.2, -0.15) is 4.31 Å². The van der Waals surface area contributed by atoms with Gasteiger partial charge in [-0.1, -0.05) is 36.4 Å². The first kappa shape index (κ1) is 22.6. The molecule has 170 valence electrons. The highest BCUT2D eigenvalue weighted by Crippen LogP contribution is 2.25. The van der Waals surface area contributed by atoms with Crippen LogP contribution in [0.5, 0.6) is 0 Å². The van der Waals surface area contributed by atoms with E-state index >= 15 is 0 Å². The number of anilines is 2. The van der Waals surface area contributed by atoms with Gasteiger partial charge in [0.25, 0.3) is 0 Å². The maximum absolute atomic E-state index is 12.8. The summed E-state index contributed by atoms with van der Waals surface area (Å²) in [5.41, 5.74) is 2.80. The van der Waals surface area contributed by atoms with Crippen LogP contribution in [0, 0.1) is 5.92 Å². The lowest BCUT2D eigenvalue weighted by Crippen LogP contribution is -2.40. The zero-order valence-corrected chi connectivity index (χ0v) is 19.1. The third kappa shape index (κ3) is 5.78. The molecule has 2 heterocycles. The van der Waals surface area contributed by atoms with Crippen molar-refractivity contribution >= 4 is 33.4 Å². The highest BCUT2D eigenvalue weighted by molar-refractivity contribution is 7.92. The summed E-state index contributed by atoms with van der Waals surface area (Å²) >= 11 is 0. The van der Waals surface area contributed by atoms with E-state index in [-0.39, 0.29) is 11.8 Å². The highest BCUT2D eigenvalue weighted by Gasteiger charge is 2.30. The van der Waals surface area contributed by atoms with Crippen LogP contribution in [0.15, 0.2) is 60.0 Å². The molecule has 0 atom stereocenters. The van der Waals surface area contributed by atoms with Crippen molar-refractivity contribution in [1.29, 1.82) is 0 Å². The van der Waals surface area contributed by atoms with Gasteiger partial charge in [0.1, 0.15) is 0 Å². The van der Waals surface area contributed by atoms with Crippen molar-refractivity contribution in [2.45, 2.75) is 32.1 Å². The molecular formula is C25H31N3O3S. The van der Waals surface area contributed by atoms with Crippen LogP contribution in [0.2, 0.25) is 0 Å². The first-order valence-corrected chi connectivity index (χ1v) is 12.9. The summed E-state index contributed by atoms with van der Waals surface area (Å²) in [5, 5.41) is 4.30. The Balaban J connectivity index is 1.31. The Morgan fingerprint density at radius 2 is 1.62 bits per heavy atom. The predicted molar refractivity (Wildman–Crippen MR) is 130 cm³/mol. The minimum Gasteiger partial charge on any atom is -0.371 e. The summed E-state index contributed by atoms with van der Waals surface area (Å²) in [4.78, 5) is 15.2. The summed E-state index contributed by atoms with van der Waals surface area (Å²) in [7, 11) is -3.49. The SMILES string of the molecule is O=C(Nc1cccc(N2CCCCC2)c1)C1CCN(S(=O)(=O)/C=C/c2ccccc2)CC1. The van der Waals surface area contributed by atoms with Crippen molar-refractivity contribution in [1.82, 2.24) is 4.31 Å². The van der Waals surface area contributed by atoms with E-state index in [1.54, 1.807) is 6.08 Å². The van der Waals surface area contributed by atoms with Crippen molar-refractivity contribution in [3.63, 3.8) is 0 Å². The van der Waals surface area contributed by atoms with Crippen LogP contribution in [0.4, 0.5) is 11.4 Å². The van der Waals surface area contributed by atoms with Gasteiger partial charge in [0.2, 0.25) is 15.9 Å². The number of sulfonamides is 1. The normalized spacial score (nSPS) is 18.7. The Hall–Kier alpha value is -2.64. The number of hydrogen-bond donors (Lipinski definition) is 1. The quantitative estimate of drug-likeness (QED) is 0.707. The first-order valence-electron chi connectivity index (χ1n) is 11.4. The standard InChI is InChI=1S/C25H31N3O3S/c29-25(26-23-10-7-11-24(20-23)27-15-5-2-6-16-27)22-12-17-28(18-13-22)32(30,31)19-14-21-8-3-1-4-9-21/h1,3-4,7-11,14,19-20,22H,2,5-6,12-13,15-18H2,(H,26,29)/b19-14+. The average Bonchev–Trinajstić information content (AvgIpc) is 2.84. The highest BCUT2D eigenvalue weighted by atomic mass is 32.2. The van der Waals surface area contributed by atoms with Crippen LogP contribution in [-0.4, -0.2) is 44.8 Å². The number of benzene rings is 2. The Bertz CT molecular complexity index is 1040. The van der Waals surface area contributed by atoms with Crippen LogP contribution >= 0.6 is 0 Å². The summed E-state index contributed by atoms with van der Waals surface area (Å²) in [5.74, 6) is -0.212. The summed E-state index contributed by atoms with van der Waals surface area (Å²) in [6.45, 7) is 2.83. The van der Waals surface area contributed by atoms with Gasteiger partial charge < -0.3 is 10.2 Å². The summed E-state index contributed by atoms with van der Waals surface area (Å²) in [6, 6.07) is 17.4. The Morgan fingerprint density at radius 3 is 2.34 bits per heavy atom. The Labute approximate surface area is 191 Å². The molecule has 2 aromatic rings. The van der Waals surface area contributed by atoms with Crippen molar-refractivity contribution in [3.05, 3.63) is 65.6 Å². The molecule has 2 fully saturated rings. The number of carbonyl (C=O) groups is 1. The molecule has 4 rings (SSSR count). The molecule has 2 saturated heterocycles. The lowest BCUT2D eigenvalue weighted by Gasteiger charge is -2.30. The molecule has 0 spiro atoms. The maximum Gasteiger partial charge on any atom is 0.236 e. The number of piperidine rings is 2. The van der Waals surface area contributed by atoms with Crippen LogP contribution in [0.25, 0.3) is 6.08 Å². The molecule has 0 radical (unpaired) electrons. The van der Waals surface area contributed by atoms with Gasteiger partial charge >= 0.3 is 0 Å². The van der Waals surface area contributed by atoms with E-state index in [1.165, 1.54) is 29.0 Å². The molecule has 0 aliphatic carbocycles. The largest absolute Gasteiger partial charge is 0.371 e. The molecule has 1 amide bonds. The zero-order valence-electron chi connectivity index (χ0n) is 18.3. The number of nitrogens with one attached hydrogen (secondary N) is 1. The summed E-state index contributed by atoms with van der Waals surface area (Å²) < 4.78 is 26.8. The minimum atomic E-state index is -3.49. The molecule has 0 bridgehead atoms. The van der Waals surface area contributed by atoms with E-state index in [1.807, 2.05) is 48.5 Å². The van der Waals surface area contributed by atoms with Gasteiger partial charge in [0.15, 0.2) is 0 Å². The predicted octanol–water partition coefficient (Wildman–Crippen LogP) is 4.33. The van der Waals surface area contributed by atoms with Gasteiger partial charge in [-0.3, -0.25) is 4.79 Å². The molecular weight excluding hydrogens is 422 g/mol. The van der Waals surface area contributed by atoms with Crippen LogP contribution in [0.3, 0.4) is 0 Å². The monoisotopic (exact) mass is 453 g/mol. The third-order valence-corrected chi connectivity index (χ3v) is 7.82. The molecule has 0 saturated carbocycles. The first-order chi connectivity index (χ1) is 15.5. The minimum absolute atomic E-state index is 0.0299. The smallest absolute Gasteiger partial charge is 0.236 e. The second-order valence-electron chi connectivity index (χ2n) is 8.52. The molecule has 6 nitrogen and oxygen atoms in total. The third-order valence-electron chi connectivity index (χ3n) is 6.25. The number of rotatable bonds is 6. The fourth-order valence-electron chi connectivity index (χ4n) is 4.36. The summed E-state index contributed by atoms with van der Waals surface area (Å²) in [6.07, 6.45) is 6.36. The van der Waals surface area contributed by atoms with Gasteiger partial charge in [-0.05, 0) is 61.9 Å². The molecule has 2 aliphatic rings. The second-order valence-corrected chi connectivity index (χ2v) is 10.3. The van der Waals surface area contributed by atoms with E-state index in [2.05, 4.69) is 16.3 Å². The molecule has 2 aromatic carbocycles. The van der Waals surface area contributed by atoms with Crippen LogP contribution < -0.4 is 10.2 Å². The lowest BCUT2D eigenvalue weighted by atomic mass is 9.97. The van der Waals surface area contributed by atoms with E-state index in [4.69, 9.17) is 0 Å². The molecule has 1 N–H and O–H groups in total. The van der Waals surface area contributed by atoms with E-state index in [9.17, 15) is 13.2 Å². The molecule has 7 heteroatoms. The second kappa shape index (κ2) is 10.3. The molecule has 0 aromatic heterocycles. The number of amides is 1. The lowest BCUT2D eigenvalue weighted by molar-refractivity contribution is -0.120.